The van der Waals surface area contributed by atoms with E-state index in [9.17, 15) is 4.79 Å². The molecule has 0 aliphatic carbocycles. The van der Waals surface area contributed by atoms with E-state index in [0.717, 1.165) is 11.4 Å². The maximum absolute atomic E-state index is 12.9. The Labute approximate surface area is 166 Å². The van der Waals surface area contributed by atoms with Crippen molar-refractivity contribution in [2.24, 2.45) is 5.10 Å². The Kier molecular flexibility index (Phi) is 4.60. The molecule has 0 saturated carbocycles. The Morgan fingerprint density at radius 2 is 1.70 bits per heavy atom. The van der Waals surface area contributed by atoms with Gasteiger partial charge in [-0.05, 0) is 55.5 Å². The molecule has 4 nitrogen and oxygen atoms in total. The highest BCUT2D eigenvalue weighted by Crippen LogP contribution is 2.31. The molecule has 2 heterocycles. The zero-order valence-corrected chi connectivity index (χ0v) is 15.9. The molecule has 134 valence electrons. The minimum absolute atomic E-state index is 0.202. The van der Waals surface area contributed by atoms with Gasteiger partial charge in [0.1, 0.15) is 0 Å². The molecular weight excluding hydrogens is 381 g/mol. The Hall–Kier alpha value is -2.82. The topological polar surface area (TPSA) is 37.6 Å². The largest absolute Gasteiger partial charge is 0.317 e. The lowest BCUT2D eigenvalue weighted by molar-refractivity contribution is -0.114. The van der Waals surface area contributed by atoms with Crippen molar-refractivity contribution < 1.29 is 4.79 Å². The zero-order chi connectivity index (χ0) is 19.0. The monoisotopic (exact) mass is 395 g/mol. The Bertz CT molecular complexity index is 1080. The van der Waals surface area contributed by atoms with Crippen LogP contribution in [-0.4, -0.2) is 16.2 Å². The summed E-state index contributed by atoms with van der Waals surface area (Å²) in [6, 6.07) is 18.9. The summed E-state index contributed by atoms with van der Waals surface area (Å²) in [5.41, 5.74) is 3.69. The number of nitrogens with zero attached hydrogens (tertiary/aromatic N) is 3. The Balaban J connectivity index is 1.70. The first-order valence-electron chi connectivity index (χ1n) is 8.34. The van der Waals surface area contributed by atoms with Crippen molar-refractivity contribution in [2.45, 2.75) is 6.92 Å². The van der Waals surface area contributed by atoms with Crippen molar-refractivity contribution in [3.05, 3.63) is 88.2 Å². The zero-order valence-electron chi connectivity index (χ0n) is 14.4. The minimum atomic E-state index is -0.202. The van der Waals surface area contributed by atoms with E-state index in [4.69, 9.17) is 23.2 Å². The van der Waals surface area contributed by atoms with Crippen LogP contribution < -0.4 is 5.01 Å². The van der Waals surface area contributed by atoms with Crippen LogP contribution in [0.1, 0.15) is 12.6 Å². The predicted molar refractivity (Wildman–Crippen MR) is 111 cm³/mol. The summed E-state index contributed by atoms with van der Waals surface area (Å²) in [7, 11) is 0. The van der Waals surface area contributed by atoms with Crippen molar-refractivity contribution in [1.29, 1.82) is 0 Å². The van der Waals surface area contributed by atoms with Crippen LogP contribution in [0.3, 0.4) is 0 Å². The number of carbonyl (C=O) groups is 1. The minimum Gasteiger partial charge on any atom is -0.317 e. The van der Waals surface area contributed by atoms with Gasteiger partial charge in [0.05, 0.1) is 27.0 Å². The molecule has 1 amide bonds. The average molecular weight is 396 g/mol. The molecule has 0 spiro atoms. The molecule has 3 aromatic rings. The van der Waals surface area contributed by atoms with Crippen molar-refractivity contribution in [1.82, 2.24) is 4.57 Å². The quantitative estimate of drug-likeness (QED) is 0.532. The van der Waals surface area contributed by atoms with Gasteiger partial charge in [0.2, 0.25) is 0 Å². The lowest BCUT2D eigenvalue weighted by atomic mass is 10.1. The number of hydrazone groups is 1. The SMILES string of the molecule is CC1=NN(c2ccc(Cl)c(Cl)c2)C(=O)/C1=C/c1cccn1-c1ccccc1. The van der Waals surface area contributed by atoms with Gasteiger partial charge in [-0.1, -0.05) is 41.4 Å². The summed E-state index contributed by atoms with van der Waals surface area (Å²) in [6.07, 6.45) is 3.82. The molecule has 4 rings (SSSR count). The summed E-state index contributed by atoms with van der Waals surface area (Å²) in [6.45, 7) is 1.82. The molecule has 1 aliphatic rings. The number of para-hydroxylation sites is 1. The number of aromatic nitrogens is 1. The third-order valence-electron chi connectivity index (χ3n) is 4.32. The summed E-state index contributed by atoms with van der Waals surface area (Å²) < 4.78 is 2.02. The first-order chi connectivity index (χ1) is 13.0. The Morgan fingerprint density at radius 1 is 0.926 bits per heavy atom. The van der Waals surface area contributed by atoms with Crippen molar-refractivity contribution in [3.8, 4) is 5.69 Å². The number of hydrogen-bond donors (Lipinski definition) is 0. The number of halogens is 2. The number of hydrogen-bond acceptors (Lipinski definition) is 2. The fraction of sp³-hybridized carbons (Fsp3) is 0.0476. The molecule has 27 heavy (non-hydrogen) atoms. The smallest absolute Gasteiger partial charge is 0.280 e. The number of benzene rings is 2. The van der Waals surface area contributed by atoms with Gasteiger partial charge < -0.3 is 4.57 Å². The number of rotatable bonds is 3. The molecule has 0 N–H and O–H groups in total. The van der Waals surface area contributed by atoms with Crippen molar-refractivity contribution in [2.75, 3.05) is 5.01 Å². The number of carbonyl (C=O) groups excluding carboxylic acids is 1. The fourth-order valence-corrected chi connectivity index (χ4v) is 3.25. The normalized spacial score (nSPS) is 15.5. The molecular formula is C21H15Cl2N3O. The van der Waals surface area contributed by atoms with Gasteiger partial charge in [-0.25, -0.2) is 0 Å². The van der Waals surface area contributed by atoms with E-state index in [1.54, 1.807) is 18.2 Å². The van der Waals surface area contributed by atoms with E-state index >= 15 is 0 Å². The third kappa shape index (κ3) is 3.29. The second kappa shape index (κ2) is 7.06. The molecule has 0 radical (unpaired) electrons. The van der Waals surface area contributed by atoms with Gasteiger partial charge in [0.25, 0.3) is 5.91 Å². The van der Waals surface area contributed by atoms with Gasteiger partial charge in [-0.15, -0.1) is 0 Å². The van der Waals surface area contributed by atoms with E-state index in [1.807, 2.05) is 66.2 Å². The van der Waals surface area contributed by atoms with E-state index in [-0.39, 0.29) is 5.91 Å². The highest BCUT2D eigenvalue weighted by Gasteiger charge is 2.29. The van der Waals surface area contributed by atoms with Crippen molar-refractivity contribution in [3.63, 3.8) is 0 Å². The summed E-state index contributed by atoms with van der Waals surface area (Å²) in [5, 5.41) is 6.56. The van der Waals surface area contributed by atoms with Crippen molar-refractivity contribution >= 4 is 46.6 Å². The van der Waals surface area contributed by atoms with Crippen LogP contribution in [-0.2, 0) is 4.79 Å². The number of amides is 1. The molecule has 0 saturated heterocycles. The highest BCUT2D eigenvalue weighted by molar-refractivity contribution is 6.42. The molecule has 1 aliphatic heterocycles. The molecule has 0 fully saturated rings. The Morgan fingerprint density at radius 3 is 2.44 bits per heavy atom. The number of anilines is 1. The predicted octanol–water partition coefficient (Wildman–Crippen LogP) is 5.59. The molecule has 0 atom stereocenters. The highest BCUT2D eigenvalue weighted by atomic mass is 35.5. The molecule has 0 unspecified atom stereocenters. The lowest BCUT2D eigenvalue weighted by Gasteiger charge is -2.12. The summed E-state index contributed by atoms with van der Waals surface area (Å²) >= 11 is 12.0. The lowest BCUT2D eigenvalue weighted by Crippen LogP contribution is -2.21. The summed E-state index contributed by atoms with van der Waals surface area (Å²) in [4.78, 5) is 12.9. The van der Waals surface area contributed by atoms with Crippen LogP contribution >= 0.6 is 23.2 Å². The first kappa shape index (κ1) is 17.6. The maximum atomic E-state index is 12.9. The molecule has 2 aromatic carbocycles. The van der Waals surface area contributed by atoms with Gasteiger partial charge >= 0.3 is 0 Å². The molecule has 1 aromatic heterocycles. The van der Waals surface area contributed by atoms with Crippen LogP contribution in [0.15, 0.2) is 77.5 Å². The van der Waals surface area contributed by atoms with Gasteiger partial charge in [0.15, 0.2) is 0 Å². The van der Waals surface area contributed by atoms with E-state index in [1.165, 1.54) is 5.01 Å². The third-order valence-corrected chi connectivity index (χ3v) is 5.06. The van der Waals surface area contributed by atoms with Crippen LogP contribution in [0.25, 0.3) is 11.8 Å². The summed E-state index contributed by atoms with van der Waals surface area (Å²) in [5.74, 6) is -0.202. The van der Waals surface area contributed by atoms with Gasteiger partial charge in [-0.3, -0.25) is 4.79 Å². The van der Waals surface area contributed by atoms with Crippen LogP contribution in [0.5, 0.6) is 0 Å². The second-order valence-corrected chi connectivity index (χ2v) is 6.91. The van der Waals surface area contributed by atoms with Crippen LogP contribution in [0, 0.1) is 0 Å². The fourth-order valence-electron chi connectivity index (χ4n) is 2.96. The van der Waals surface area contributed by atoms with Gasteiger partial charge in [-0.2, -0.15) is 10.1 Å². The molecule has 0 bridgehead atoms. The van der Waals surface area contributed by atoms with Crippen LogP contribution in [0.4, 0.5) is 5.69 Å². The van der Waals surface area contributed by atoms with E-state index in [0.29, 0.717) is 27.0 Å². The first-order valence-corrected chi connectivity index (χ1v) is 9.10. The van der Waals surface area contributed by atoms with Crippen LogP contribution in [0.2, 0.25) is 10.0 Å². The van der Waals surface area contributed by atoms with E-state index < -0.39 is 0 Å². The standard InChI is InChI=1S/C21H15Cl2N3O/c1-14-18(12-16-8-5-11-25(16)15-6-3-2-4-7-15)21(27)26(24-14)17-9-10-19(22)20(23)13-17/h2-13H,1H3/b18-12+. The molecule has 6 heteroatoms. The second-order valence-electron chi connectivity index (χ2n) is 6.10. The van der Waals surface area contributed by atoms with E-state index in [2.05, 4.69) is 5.10 Å². The average Bonchev–Trinajstić information content (AvgIpc) is 3.25. The van der Waals surface area contributed by atoms with Gasteiger partial charge in [0, 0.05) is 17.6 Å². The maximum Gasteiger partial charge on any atom is 0.280 e.